The Kier molecular flexibility index (Phi) is 2.87. The van der Waals surface area contributed by atoms with Gasteiger partial charge < -0.3 is 5.73 Å². The zero-order valence-electron chi connectivity index (χ0n) is 7.51. The van der Waals surface area contributed by atoms with E-state index in [4.69, 9.17) is 10.3 Å². The van der Waals surface area contributed by atoms with Crippen molar-refractivity contribution in [3.8, 4) is 0 Å². The van der Waals surface area contributed by atoms with Crippen LogP contribution >= 0.6 is 0 Å². The number of rotatable bonds is 1. The lowest BCUT2D eigenvalue weighted by atomic mass is 10.2. The van der Waals surface area contributed by atoms with Crippen LogP contribution in [0.3, 0.4) is 0 Å². The van der Waals surface area contributed by atoms with Gasteiger partial charge in [0.2, 0.25) is 5.17 Å². The Bertz CT molecular complexity index is 465. The van der Waals surface area contributed by atoms with Crippen LogP contribution in [0.25, 0.3) is 0 Å². The van der Waals surface area contributed by atoms with E-state index < -0.39 is 15.3 Å². The summed E-state index contributed by atoms with van der Waals surface area (Å²) >= 11 is 0. The Morgan fingerprint density at radius 3 is 2.50 bits per heavy atom. The van der Waals surface area contributed by atoms with Gasteiger partial charge >= 0.3 is 10.1 Å². The van der Waals surface area contributed by atoms with Crippen LogP contribution < -0.4 is 5.73 Å². The molecule has 3 N–H and O–H groups in total. The minimum absolute atomic E-state index is 0.419. The summed E-state index contributed by atoms with van der Waals surface area (Å²) in [5.41, 5.74) is 6.26. The lowest BCUT2D eigenvalue weighted by Gasteiger charge is -1.99. The van der Waals surface area contributed by atoms with Crippen LogP contribution in [-0.2, 0) is 10.1 Å². The van der Waals surface area contributed by atoms with Crippen molar-refractivity contribution in [2.45, 2.75) is 6.92 Å². The number of amidine groups is 1. The van der Waals surface area contributed by atoms with Crippen molar-refractivity contribution < 1.29 is 13.0 Å². The molecule has 0 radical (unpaired) electrons. The SMILES string of the molecule is Cc1ccccc1N=C(N)S(=O)(=O)O. The van der Waals surface area contributed by atoms with E-state index in [9.17, 15) is 8.42 Å². The van der Waals surface area contributed by atoms with Gasteiger partial charge in [0.05, 0.1) is 5.69 Å². The second-order valence-electron chi connectivity index (χ2n) is 2.71. The number of aryl methyl sites for hydroxylation is 1. The molecule has 5 nitrogen and oxygen atoms in total. The van der Waals surface area contributed by atoms with Gasteiger partial charge in [-0.15, -0.1) is 0 Å². The van der Waals surface area contributed by atoms with Crippen molar-refractivity contribution in [3.05, 3.63) is 29.8 Å². The quantitative estimate of drug-likeness (QED) is 0.411. The molecule has 1 rings (SSSR count). The smallest absolute Gasteiger partial charge is 0.328 e. The minimum Gasteiger partial charge on any atom is -0.372 e. The number of nitrogens with zero attached hydrogens (tertiary/aromatic N) is 1. The number of para-hydroxylation sites is 1. The number of hydrogen-bond acceptors (Lipinski definition) is 3. The average Bonchev–Trinajstić information content (AvgIpc) is 2.07. The van der Waals surface area contributed by atoms with Crippen molar-refractivity contribution in [2.24, 2.45) is 10.7 Å². The molecule has 14 heavy (non-hydrogen) atoms. The van der Waals surface area contributed by atoms with Crippen LogP contribution in [-0.4, -0.2) is 18.1 Å². The molecule has 6 heteroatoms. The summed E-state index contributed by atoms with van der Waals surface area (Å²) in [5, 5.41) is -0.799. The predicted octanol–water partition coefficient (Wildman–Crippen LogP) is 0.829. The van der Waals surface area contributed by atoms with Crippen molar-refractivity contribution >= 4 is 21.0 Å². The predicted molar refractivity (Wildman–Crippen MR) is 54.0 cm³/mol. The van der Waals surface area contributed by atoms with Gasteiger partial charge in [-0.25, -0.2) is 4.99 Å². The van der Waals surface area contributed by atoms with Crippen LogP contribution in [0.15, 0.2) is 29.3 Å². The van der Waals surface area contributed by atoms with E-state index in [0.29, 0.717) is 5.69 Å². The van der Waals surface area contributed by atoms with Gasteiger partial charge in [-0.05, 0) is 18.6 Å². The highest BCUT2D eigenvalue weighted by Gasteiger charge is 2.11. The molecule has 1 aromatic carbocycles. The molecule has 0 amide bonds. The highest BCUT2D eigenvalue weighted by molar-refractivity contribution is 8.01. The number of benzene rings is 1. The topological polar surface area (TPSA) is 92.8 Å². The Morgan fingerprint density at radius 1 is 1.43 bits per heavy atom. The zero-order chi connectivity index (χ0) is 10.8. The highest BCUT2D eigenvalue weighted by Crippen LogP contribution is 2.17. The van der Waals surface area contributed by atoms with Crippen LogP contribution in [0.2, 0.25) is 0 Å². The van der Waals surface area contributed by atoms with E-state index >= 15 is 0 Å². The molecular formula is C8H10N2O3S. The number of aliphatic imine (C=N–C) groups is 1. The van der Waals surface area contributed by atoms with E-state index in [1.54, 1.807) is 31.2 Å². The Hall–Kier alpha value is -1.40. The fourth-order valence-corrected chi connectivity index (χ4v) is 1.08. The van der Waals surface area contributed by atoms with Gasteiger partial charge in [-0.1, -0.05) is 18.2 Å². The monoisotopic (exact) mass is 214 g/mol. The summed E-state index contributed by atoms with van der Waals surface area (Å²) in [4.78, 5) is 3.59. The molecule has 0 aliphatic heterocycles. The van der Waals surface area contributed by atoms with Crippen LogP contribution in [0.4, 0.5) is 5.69 Å². The van der Waals surface area contributed by atoms with Crippen LogP contribution in [0.5, 0.6) is 0 Å². The fourth-order valence-electron chi connectivity index (χ4n) is 0.865. The molecule has 0 heterocycles. The molecule has 0 bridgehead atoms. The number of nitrogens with two attached hydrogens (primary N) is 1. The van der Waals surface area contributed by atoms with Crippen molar-refractivity contribution in [1.29, 1.82) is 0 Å². The lowest BCUT2D eigenvalue weighted by Crippen LogP contribution is -2.22. The van der Waals surface area contributed by atoms with Crippen LogP contribution in [0.1, 0.15) is 5.56 Å². The highest BCUT2D eigenvalue weighted by atomic mass is 32.2. The normalized spacial score (nSPS) is 12.9. The molecule has 0 aliphatic carbocycles. The van der Waals surface area contributed by atoms with E-state index in [0.717, 1.165) is 5.56 Å². The molecule has 76 valence electrons. The lowest BCUT2D eigenvalue weighted by molar-refractivity contribution is 0.497. The minimum atomic E-state index is -4.39. The summed E-state index contributed by atoms with van der Waals surface area (Å²) in [6.45, 7) is 1.76. The summed E-state index contributed by atoms with van der Waals surface area (Å²) in [7, 11) is -4.39. The summed E-state index contributed by atoms with van der Waals surface area (Å²) in [5.74, 6) is 0. The van der Waals surface area contributed by atoms with Crippen LogP contribution in [0, 0.1) is 6.92 Å². The van der Waals surface area contributed by atoms with Gasteiger partial charge in [-0.2, -0.15) is 8.42 Å². The summed E-state index contributed by atoms with van der Waals surface area (Å²) < 4.78 is 29.6. The maximum atomic E-state index is 10.5. The maximum absolute atomic E-state index is 10.5. The third-order valence-electron chi connectivity index (χ3n) is 1.61. The average molecular weight is 214 g/mol. The first-order chi connectivity index (χ1) is 6.41. The first-order valence-corrected chi connectivity index (χ1v) is 5.22. The van der Waals surface area contributed by atoms with E-state index in [1.165, 1.54) is 0 Å². The van der Waals surface area contributed by atoms with Crippen molar-refractivity contribution in [3.63, 3.8) is 0 Å². The van der Waals surface area contributed by atoms with E-state index in [-0.39, 0.29) is 0 Å². The first-order valence-electron chi connectivity index (χ1n) is 3.78. The third kappa shape index (κ3) is 2.54. The van der Waals surface area contributed by atoms with Gasteiger partial charge in [0, 0.05) is 0 Å². The van der Waals surface area contributed by atoms with Gasteiger partial charge in [-0.3, -0.25) is 4.55 Å². The first kappa shape index (κ1) is 10.7. The van der Waals surface area contributed by atoms with Crippen molar-refractivity contribution in [1.82, 2.24) is 0 Å². The third-order valence-corrected chi connectivity index (χ3v) is 2.23. The van der Waals surface area contributed by atoms with Crippen molar-refractivity contribution in [2.75, 3.05) is 0 Å². The largest absolute Gasteiger partial charge is 0.372 e. The number of hydrogen-bond donors (Lipinski definition) is 2. The molecule has 0 saturated carbocycles. The molecule has 0 unspecified atom stereocenters. The Morgan fingerprint density at radius 2 is 2.00 bits per heavy atom. The molecule has 0 aliphatic rings. The molecule has 0 fully saturated rings. The van der Waals surface area contributed by atoms with Gasteiger partial charge in [0.25, 0.3) is 0 Å². The Labute approximate surface area is 82.0 Å². The van der Waals surface area contributed by atoms with Gasteiger partial charge in [0.15, 0.2) is 0 Å². The maximum Gasteiger partial charge on any atom is 0.328 e. The fraction of sp³-hybridized carbons (Fsp3) is 0.125. The standard InChI is InChI=1S/C8H10N2O3S/c1-6-4-2-3-5-7(6)10-8(9)14(11,12)13/h2-5H,1H3,(H2,9,10)(H,11,12,13). The summed E-state index contributed by atoms with van der Waals surface area (Å²) in [6, 6.07) is 6.85. The van der Waals surface area contributed by atoms with E-state index in [2.05, 4.69) is 4.99 Å². The molecule has 1 aromatic rings. The second kappa shape index (κ2) is 3.77. The zero-order valence-corrected chi connectivity index (χ0v) is 8.32. The van der Waals surface area contributed by atoms with Gasteiger partial charge in [0.1, 0.15) is 0 Å². The molecule has 0 atom stereocenters. The molecule has 0 spiro atoms. The molecular weight excluding hydrogens is 204 g/mol. The second-order valence-corrected chi connectivity index (χ2v) is 4.08. The summed E-state index contributed by atoms with van der Waals surface area (Å²) in [6.07, 6.45) is 0. The Balaban J connectivity index is 3.17. The van der Waals surface area contributed by atoms with E-state index in [1.807, 2.05) is 0 Å². The molecule has 0 saturated heterocycles. The molecule has 0 aromatic heterocycles.